The van der Waals surface area contributed by atoms with E-state index >= 15 is 0 Å². The molecule has 0 spiro atoms. The first-order valence-corrected chi connectivity index (χ1v) is 12.1. The van der Waals surface area contributed by atoms with Crippen molar-refractivity contribution in [1.29, 1.82) is 0 Å². The summed E-state index contributed by atoms with van der Waals surface area (Å²) in [6, 6.07) is 19.1. The summed E-state index contributed by atoms with van der Waals surface area (Å²) < 4.78 is 32.0. The van der Waals surface area contributed by atoms with Crippen LogP contribution in [0.3, 0.4) is 0 Å². The first kappa shape index (κ1) is 25.4. The van der Waals surface area contributed by atoms with Gasteiger partial charge < -0.3 is 15.2 Å². The minimum absolute atomic E-state index is 0.0292. The van der Waals surface area contributed by atoms with E-state index in [1.54, 1.807) is 12.1 Å². The minimum Gasteiger partial charge on any atom is -0.480 e. The molecule has 1 atom stereocenters. The average molecular weight is 538 g/mol. The van der Waals surface area contributed by atoms with Gasteiger partial charge in [-0.2, -0.15) is 13.9 Å². The molecule has 0 radical (unpaired) electrons. The van der Waals surface area contributed by atoms with Gasteiger partial charge in [-0.15, -0.1) is 0 Å². The number of carboxylic acids is 1. The zero-order chi connectivity index (χ0) is 26.8. The van der Waals surface area contributed by atoms with Crippen molar-refractivity contribution in [2.45, 2.75) is 24.9 Å². The molecule has 0 bridgehead atoms. The van der Waals surface area contributed by atoms with Crippen LogP contribution in [-0.2, 0) is 16.0 Å². The number of nitrogens with zero attached hydrogens (tertiary/aromatic N) is 2. The van der Waals surface area contributed by atoms with E-state index in [1.165, 1.54) is 12.3 Å². The molecule has 3 aromatic carbocycles. The summed E-state index contributed by atoms with van der Waals surface area (Å²) in [5.74, 6) is -1.46. The molecule has 1 aliphatic rings. The van der Waals surface area contributed by atoms with E-state index in [0.29, 0.717) is 26.4 Å². The monoisotopic (exact) mass is 537 g/mol. The molecular weight excluding hydrogens is 516 g/mol. The summed E-state index contributed by atoms with van der Waals surface area (Å²) in [6.45, 7) is -2.79. The third-order valence-corrected chi connectivity index (χ3v) is 6.77. The highest BCUT2D eigenvalue weighted by Gasteiger charge is 2.30. The number of alkyl carbamates (subject to hydrolysis) is 1. The largest absolute Gasteiger partial charge is 0.480 e. The van der Waals surface area contributed by atoms with Gasteiger partial charge >= 0.3 is 18.6 Å². The zero-order valence-corrected chi connectivity index (χ0v) is 20.6. The molecule has 10 heteroatoms. The molecule has 5 rings (SSSR count). The molecular formula is C28H22ClF2N3O4. The number of amides is 1. The number of halogens is 3. The number of hydrogen-bond donors (Lipinski definition) is 2. The van der Waals surface area contributed by atoms with Crippen LogP contribution < -0.4 is 5.32 Å². The SMILES string of the molecule is O=C(N[C@@H](Cc1cc(Cl)ccc1-c1cnn(C(F)F)c1)C(=O)O)OCC1c2ccccc2-c2ccccc21. The van der Waals surface area contributed by atoms with Crippen LogP contribution >= 0.6 is 11.6 Å². The lowest BCUT2D eigenvalue weighted by atomic mass is 9.97. The Morgan fingerprint density at radius 1 is 1.03 bits per heavy atom. The van der Waals surface area contributed by atoms with Crippen molar-refractivity contribution in [3.63, 3.8) is 0 Å². The Balaban J connectivity index is 1.31. The van der Waals surface area contributed by atoms with Gasteiger partial charge in [-0.25, -0.2) is 14.3 Å². The second-order valence-corrected chi connectivity index (χ2v) is 9.29. The number of aliphatic carboxylic acids is 1. The van der Waals surface area contributed by atoms with E-state index in [4.69, 9.17) is 16.3 Å². The lowest BCUT2D eigenvalue weighted by Crippen LogP contribution is -2.43. The maximum Gasteiger partial charge on any atom is 0.407 e. The molecule has 2 N–H and O–H groups in total. The van der Waals surface area contributed by atoms with Crippen LogP contribution in [0.15, 0.2) is 79.1 Å². The highest BCUT2D eigenvalue weighted by Crippen LogP contribution is 2.44. The maximum absolute atomic E-state index is 13.0. The molecule has 1 amide bonds. The van der Waals surface area contributed by atoms with Crippen molar-refractivity contribution >= 4 is 23.7 Å². The van der Waals surface area contributed by atoms with Gasteiger partial charge in [-0.1, -0.05) is 66.2 Å². The second kappa shape index (κ2) is 10.6. The Kier molecular flexibility index (Phi) is 7.11. The number of ether oxygens (including phenoxy) is 1. The van der Waals surface area contributed by atoms with E-state index in [2.05, 4.69) is 10.4 Å². The van der Waals surface area contributed by atoms with E-state index in [0.717, 1.165) is 28.5 Å². The van der Waals surface area contributed by atoms with E-state index < -0.39 is 24.7 Å². The number of carbonyl (C=O) groups is 2. The molecule has 0 aliphatic heterocycles. The molecule has 7 nitrogen and oxygen atoms in total. The van der Waals surface area contributed by atoms with Crippen molar-refractivity contribution < 1.29 is 28.2 Å². The predicted molar refractivity (Wildman–Crippen MR) is 137 cm³/mol. The third-order valence-electron chi connectivity index (χ3n) is 6.54. The van der Waals surface area contributed by atoms with Crippen LogP contribution in [0, 0.1) is 0 Å². The highest BCUT2D eigenvalue weighted by molar-refractivity contribution is 6.30. The molecule has 0 unspecified atom stereocenters. The topological polar surface area (TPSA) is 93.5 Å². The minimum atomic E-state index is -2.82. The average Bonchev–Trinajstić information content (AvgIpc) is 3.51. The molecule has 194 valence electrons. The van der Waals surface area contributed by atoms with Gasteiger partial charge in [-0.05, 0) is 45.5 Å². The van der Waals surface area contributed by atoms with Crippen LogP contribution in [0.2, 0.25) is 5.02 Å². The molecule has 0 fully saturated rings. The van der Waals surface area contributed by atoms with Crippen LogP contribution in [0.4, 0.5) is 13.6 Å². The van der Waals surface area contributed by atoms with Gasteiger partial charge in [-0.3, -0.25) is 0 Å². The number of rotatable bonds is 8. The number of fused-ring (bicyclic) bond motifs is 3. The Morgan fingerprint density at radius 3 is 2.29 bits per heavy atom. The normalized spacial score (nSPS) is 13.2. The van der Waals surface area contributed by atoms with Gasteiger partial charge in [0, 0.05) is 29.1 Å². The summed E-state index contributed by atoms with van der Waals surface area (Å²) in [5, 5.41) is 16.2. The van der Waals surface area contributed by atoms with Crippen LogP contribution in [0.25, 0.3) is 22.3 Å². The summed E-state index contributed by atoms with van der Waals surface area (Å²) >= 11 is 6.13. The van der Waals surface area contributed by atoms with Crippen molar-refractivity contribution in [3.05, 3.63) is 101 Å². The molecule has 38 heavy (non-hydrogen) atoms. The molecule has 1 aliphatic carbocycles. The standard InChI is InChI=1S/C28H22ClF2N3O4/c29-18-9-10-19(17-13-32-34(14-17)27(30)31)16(11-18)12-25(26(35)36)33-28(37)38-15-24-22-7-3-1-5-20(22)21-6-2-4-8-23(21)24/h1-11,13-14,24-25,27H,12,15H2,(H,33,37)(H,35,36)/t25-/m0/s1. The number of aromatic nitrogens is 2. The van der Waals surface area contributed by atoms with Crippen LogP contribution in [-0.4, -0.2) is 39.6 Å². The number of benzene rings is 3. The second-order valence-electron chi connectivity index (χ2n) is 8.85. The number of hydrogen-bond acceptors (Lipinski definition) is 4. The van der Waals surface area contributed by atoms with Crippen LogP contribution in [0.5, 0.6) is 0 Å². The summed E-state index contributed by atoms with van der Waals surface area (Å²) in [5.41, 5.74) is 5.49. The van der Waals surface area contributed by atoms with E-state index in [1.807, 2.05) is 48.5 Å². The Hall–Kier alpha value is -4.24. The molecule has 1 heterocycles. The van der Waals surface area contributed by atoms with Gasteiger partial charge in [0.25, 0.3) is 0 Å². The Labute approximate surface area is 221 Å². The summed E-state index contributed by atoms with van der Waals surface area (Å²) in [7, 11) is 0. The summed E-state index contributed by atoms with van der Waals surface area (Å²) in [6.07, 6.45) is 1.38. The molecule has 0 saturated heterocycles. The lowest BCUT2D eigenvalue weighted by Gasteiger charge is -2.18. The van der Waals surface area contributed by atoms with Gasteiger partial charge in [0.1, 0.15) is 12.6 Å². The first-order chi connectivity index (χ1) is 18.3. The third kappa shape index (κ3) is 5.10. The Bertz CT molecular complexity index is 1460. The fourth-order valence-electron chi connectivity index (χ4n) is 4.80. The molecule has 4 aromatic rings. The van der Waals surface area contributed by atoms with E-state index in [-0.39, 0.29) is 18.9 Å². The van der Waals surface area contributed by atoms with Gasteiger partial charge in [0.2, 0.25) is 0 Å². The van der Waals surface area contributed by atoms with Crippen molar-refractivity contribution in [1.82, 2.24) is 15.1 Å². The Morgan fingerprint density at radius 2 is 1.68 bits per heavy atom. The van der Waals surface area contributed by atoms with Gasteiger partial charge in [0.15, 0.2) is 0 Å². The predicted octanol–water partition coefficient (Wildman–Crippen LogP) is 6.13. The molecule has 1 aromatic heterocycles. The number of carboxylic acid groups (broad SMARTS) is 1. The lowest BCUT2D eigenvalue weighted by molar-refractivity contribution is -0.139. The van der Waals surface area contributed by atoms with Crippen molar-refractivity contribution in [3.8, 4) is 22.3 Å². The quantitative estimate of drug-likeness (QED) is 0.282. The fraction of sp³-hybridized carbons (Fsp3) is 0.179. The number of nitrogens with one attached hydrogen (secondary N) is 1. The number of carbonyl (C=O) groups excluding carboxylic acids is 1. The van der Waals surface area contributed by atoms with E-state index in [9.17, 15) is 23.5 Å². The van der Waals surface area contributed by atoms with Crippen molar-refractivity contribution in [2.75, 3.05) is 6.61 Å². The first-order valence-electron chi connectivity index (χ1n) is 11.8. The maximum atomic E-state index is 13.0. The van der Waals surface area contributed by atoms with Gasteiger partial charge in [0.05, 0.1) is 6.20 Å². The van der Waals surface area contributed by atoms with Crippen molar-refractivity contribution in [2.24, 2.45) is 0 Å². The molecule has 0 saturated carbocycles. The zero-order valence-electron chi connectivity index (χ0n) is 19.9. The highest BCUT2D eigenvalue weighted by atomic mass is 35.5. The summed E-state index contributed by atoms with van der Waals surface area (Å²) in [4.78, 5) is 24.7. The number of alkyl halides is 2. The fourth-order valence-corrected chi connectivity index (χ4v) is 4.99. The van der Waals surface area contributed by atoms with Crippen LogP contribution in [0.1, 0.15) is 29.2 Å². The smallest absolute Gasteiger partial charge is 0.407 e.